The van der Waals surface area contributed by atoms with E-state index in [1.807, 2.05) is 4.90 Å². The Morgan fingerprint density at radius 2 is 1.56 bits per heavy atom. The molecule has 0 bridgehead atoms. The summed E-state index contributed by atoms with van der Waals surface area (Å²) in [6, 6.07) is 1.78. The molecule has 146 valence electrons. The van der Waals surface area contributed by atoms with E-state index < -0.39 is 0 Å². The van der Waals surface area contributed by atoms with Crippen LogP contribution in [0.4, 0.5) is 0 Å². The van der Waals surface area contributed by atoms with Crippen molar-refractivity contribution >= 4 is 17.7 Å². The third kappa shape index (κ3) is 3.99. The van der Waals surface area contributed by atoms with Crippen molar-refractivity contribution in [2.45, 2.75) is 53.0 Å². The number of piperazine rings is 1. The first-order valence-corrected chi connectivity index (χ1v) is 9.70. The summed E-state index contributed by atoms with van der Waals surface area (Å²) in [5.74, 6) is 0.0442. The number of aryl methyl sites for hydroxylation is 2. The van der Waals surface area contributed by atoms with Crippen molar-refractivity contribution in [2.75, 3.05) is 26.2 Å². The fourth-order valence-electron chi connectivity index (χ4n) is 4.02. The molecule has 0 saturated carbocycles. The molecule has 0 aromatic heterocycles. The van der Waals surface area contributed by atoms with Gasteiger partial charge in [0.25, 0.3) is 0 Å². The number of amides is 3. The van der Waals surface area contributed by atoms with Gasteiger partial charge in [-0.05, 0) is 61.9 Å². The highest BCUT2D eigenvalue weighted by atomic mass is 16.2. The van der Waals surface area contributed by atoms with Crippen LogP contribution >= 0.6 is 0 Å². The van der Waals surface area contributed by atoms with Crippen LogP contribution in [0, 0.1) is 27.7 Å². The second-order valence-corrected chi connectivity index (χ2v) is 7.78. The van der Waals surface area contributed by atoms with Crippen LogP contribution < -0.4 is 5.32 Å². The minimum Gasteiger partial charge on any atom is -0.344 e. The number of nitrogens with one attached hydrogen (secondary N) is 1. The minimum atomic E-state index is -0.389. The Bertz CT molecular complexity index is 753. The summed E-state index contributed by atoms with van der Waals surface area (Å²) in [4.78, 5) is 40.3. The van der Waals surface area contributed by atoms with E-state index in [9.17, 15) is 14.4 Å². The average Bonchev–Trinajstić information content (AvgIpc) is 3.09. The number of benzene rings is 1. The molecule has 0 spiro atoms. The molecule has 3 rings (SSSR count). The van der Waals surface area contributed by atoms with Crippen LogP contribution in [0.3, 0.4) is 0 Å². The Kier molecular flexibility index (Phi) is 5.53. The molecule has 1 aromatic rings. The molecular weight excluding hydrogens is 342 g/mol. The standard InChI is InChI=1S/C21H29N3O3/c1-13-11-14(2)16(4)17(15(13)3)12-20(26)23-7-9-24(10-8-23)21(27)18-5-6-19(25)22-18/h11,18H,5-10,12H2,1-4H3,(H,22,25). The Balaban J connectivity index is 1.59. The molecule has 1 N–H and O–H groups in total. The van der Waals surface area contributed by atoms with Gasteiger partial charge in [0.2, 0.25) is 17.7 Å². The largest absolute Gasteiger partial charge is 0.344 e. The van der Waals surface area contributed by atoms with Crippen molar-refractivity contribution in [3.05, 3.63) is 33.9 Å². The van der Waals surface area contributed by atoms with E-state index in [0.717, 1.165) is 5.56 Å². The molecule has 0 radical (unpaired) electrons. The normalized spacial score (nSPS) is 20.0. The first kappa shape index (κ1) is 19.4. The van der Waals surface area contributed by atoms with Gasteiger partial charge in [0, 0.05) is 32.6 Å². The lowest BCUT2D eigenvalue weighted by molar-refractivity contribution is -0.140. The van der Waals surface area contributed by atoms with Crippen molar-refractivity contribution in [1.82, 2.24) is 15.1 Å². The van der Waals surface area contributed by atoms with Crippen LogP contribution in [0.5, 0.6) is 0 Å². The van der Waals surface area contributed by atoms with Gasteiger partial charge in [0.1, 0.15) is 6.04 Å². The van der Waals surface area contributed by atoms with Crippen molar-refractivity contribution < 1.29 is 14.4 Å². The molecule has 2 aliphatic rings. The highest BCUT2D eigenvalue weighted by Gasteiger charge is 2.33. The molecule has 1 unspecified atom stereocenters. The third-order valence-electron chi connectivity index (χ3n) is 6.09. The maximum atomic E-state index is 12.8. The Labute approximate surface area is 160 Å². The van der Waals surface area contributed by atoms with E-state index >= 15 is 0 Å². The lowest BCUT2D eigenvalue weighted by atomic mass is 9.92. The number of carbonyl (C=O) groups excluding carboxylic acids is 3. The first-order chi connectivity index (χ1) is 12.8. The van der Waals surface area contributed by atoms with Crippen molar-refractivity contribution in [3.63, 3.8) is 0 Å². The van der Waals surface area contributed by atoms with Crippen LogP contribution in [0.15, 0.2) is 6.07 Å². The SMILES string of the molecule is Cc1cc(C)c(C)c(CC(=O)N2CCN(C(=O)C3CCC(=O)N3)CC2)c1C. The molecule has 6 heteroatoms. The first-order valence-electron chi connectivity index (χ1n) is 9.70. The molecule has 3 amide bonds. The van der Waals surface area contributed by atoms with Gasteiger partial charge in [-0.1, -0.05) is 6.07 Å². The summed E-state index contributed by atoms with van der Waals surface area (Å²) in [7, 11) is 0. The fraction of sp³-hybridized carbons (Fsp3) is 0.571. The molecule has 1 atom stereocenters. The predicted molar refractivity (Wildman–Crippen MR) is 103 cm³/mol. The van der Waals surface area contributed by atoms with Gasteiger partial charge in [-0.15, -0.1) is 0 Å². The van der Waals surface area contributed by atoms with E-state index in [4.69, 9.17) is 0 Å². The van der Waals surface area contributed by atoms with E-state index in [-0.39, 0.29) is 23.8 Å². The van der Waals surface area contributed by atoms with Crippen LogP contribution in [0.25, 0.3) is 0 Å². The van der Waals surface area contributed by atoms with E-state index in [1.165, 1.54) is 22.3 Å². The summed E-state index contributed by atoms with van der Waals surface area (Å²) in [5, 5.41) is 2.73. The Morgan fingerprint density at radius 3 is 2.07 bits per heavy atom. The summed E-state index contributed by atoms with van der Waals surface area (Å²) < 4.78 is 0. The summed E-state index contributed by atoms with van der Waals surface area (Å²) in [5.41, 5.74) is 5.95. The zero-order valence-electron chi connectivity index (χ0n) is 16.7. The highest BCUT2D eigenvalue weighted by Crippen LogP contribution is 2.23. The van der Waals surface area contributed by atoms with Crippen LogP contribution in [0.1, 0.15) is 40.7 Å². The van der Waals surface area contributed by atoms with Gasteiger partial charge in [-0.3, -0.25) is 14.4 Å². The second-order valence-electron chi connectivity index (χ2n) is 7.78. The second kappa shape index (κ2) is 7.71. The fourth-order valence-corrected chi connectivity index (χ4v) is 4.02. The number of nitrogens with zero attached hydrogens (tertiary/aromatic N) is 2. The molecule has 2 saturated heterocycles. The Hall–Kier alpha value is -2.37. The molecule has 2 heterocycles. The minimum absolute atomic E-state index is 0.0195. The van der Waals surface area contributed by atoms with Gasteiger partial charge in [-0.2, -0.15) is 0 Å². The number of carbonyl (C=O) groups is 3. The topological polar surface area (TPSA) is 69.7 Å². The van der Waals surface area contributed by atoms with E-state index in [2.05, 4.69) is 39.1 Å². The van der Waals surface area contributed by atoms with Crippen molar-refractivity contribution in [3.8, 4) is 0 Å². The summed E-state index contributed by atoms with van der Waals surface area (Å²) in [6.07, 6.45) is 1.40. The summed E-state index contributed by atoms with van der Waals surface area (Å²) >= 11 is 0. The molecule has 27 heavy (non-hydrogen) atoms. The Morgan fingerprint density at radius 1 is 1.00 bits per heavy atom. The smallest absolute Gasteiger partial charge is 0.245 e. The molecule has 2 fully saturated rings. The van der Waals surface area contributed by atoms with Gasteiger partial charge in [0.05, 0.1) is 6.42 Å². The third-order valence-corrected chi connectivity index (χ3v) is 6.09. The lowest BCUT2D eigenvalue weighted by Crippen LogP contribution is -2.54. The van der Waals surface area contributed by atoms with E-state index in [0.29, 0.717) is 45.4 Å². The van der Waals surface area contributed by atoms with Gasteiger partial charge in [0.15, 0.2) is 0 Å². The van der Waals surface area contributed by atoms with Crippen LogP contribution in [-0.4, -0.2) is 59.7 Å². The summed E-state index contributed by atoms with van der Waals surface area (Å²) in [6.45, 7) is 10.5. The molecule has 2 aliphatic heterocycles. The van der Waals surface area contributed by atoms with Crippen LogP contribution in [-0.2, 0) is 20.8 Å². The molecule has 0 aliphatic carbocycles. The van der Waals surface area contributed by atoms with E-state index in [1.54, 1.807) is 4.90 Å². The molecule has 1 aromatic carbocycles. The van der Waals surface area contributed by atoms with Crippen LogP contribution in [0.2, 0.25) is 0 Å². The predicted octanol–water partition coefficient (Wildman–Crippen LogP) is 1.41. The lowest BCUT2D eigenvalue weighted by Gasteiger charge is -2.36. The number of rotatable bonds is 3. The van der Waals surface area contributed by atoms with Gasteiger partial charge < -0.3 is 15.1 Å². The number of hydrogen-bond donors (Lipinski definition) is 1. The highest BCUT2D eigenvalue weighted by molar-refractivity contribution is 5.91. The zero-order valence-corrected chi connectivity index (χ0v) is 16.7. The van der Waals surface area contributed by atoms with Gasteiger partial charge >= 0.3 is 0 Å². The average molecular weight is 371 g/mol. The maximum absolute atomic E-state index is 12.8. The molecule has 6 nitrogen and oxygen atoms in total. The zero-order chi connectivity index (χ0) is 19.7. The quantitative estimate of drug-likeness (QED) is 0.873. The van der Waals surface area contributed by atoms with Crippen molar-refractivity contribution in [1.29, 1.82) is 0 Å². The monoisotopic (exact) mass is 371 g/mol. The van der Waals surface area contributed by atoms with Crippen molar-refractivity contribution in [2.24, 2.45) is 0 Å². The molecular formula is C21H29N3O3. The van der Waals surface area contributed by atoms with Gasteiger partial charge in [-0.25, -0.2) is 0 Å². The number of hydrogen-bond acceptors (Lipinski definition) is 3. The maximum Gasteiger partial charge on any atom is 0.245 e.